The zero-order valence-corrected chi connectivity index (χ0v) is 27.4. The van der Waals surface area contributed by atoms with Crippen LogP contribution in [0.15, 0.2) is 60.9 Å². The number of hydrogen-bond acceptors (Lipinski definition) is 12. The van der Waals surface area contributed by atoms with Crippen LogP contribution in [-0.2, 0) is 0 Å². The average molecular weight is 673 g/mol. The number of nitrogens with one attached hydrogen (secondary N) is 4. The van der Waals surface area contributed by atoms with E-state index in [0.29, 0.717) is 35.8 Å². The summed E-state index contributed by atoms with van der Waals surface area (Å²) >= 11 is 0. The lowest BCUT2D eigenvalue weighted by Gasteiger charge is -2.26. The first-order valence-electron chi connectivity index (χ1n) is 17.4. The third kappa shape index (κ3) is 5.63. The largest absolute Gasteiger partial charge is 0.393 e. The van der Waals surface area contributed by atoms with Gasteiger partial charge in [-0.05, 0) is 98.6 Å². The first kappa shape index (κ1) is 30.7. The zero-order valence-electron chi connectivity index (χ0n) is 27.4. The van der Waals surface area contributed by atoms with Crippen LogP contribution >= 0.6 is 0 Å². The topological polar surface area (TPSA) is 225 Å². The van der Waals surface area contributed by atoms with Crippen molar-refractivity contribution in [3.8, 4) is 22.5 Å². The fraction of sp³-hybridized carbons (Fsp3) is 0.389. The molecule has 50 heavy (non-hydrogen) atoms. The first-order chi connectivity index (χ1) is 24.3. The van der Waals surface area contributed by atoms with Crippen LogP contribution in [0, 0.1) is 23.7 Å². The molecule has 6 aromatic rings. The van der Waals surface area contributed by atoms with E-state index in [-0.39, 0.29) is 24.1 Å². The minimum absolute atomic E-state index is 0.132. The maximum atomic E-state index is 9.96. The molecular weight excluding hydrogens is 632 g/mol. The molecule has 4 bridgehead atoms. The highest BCUT2D eigenvalue weighted by molar-refractivity contribution is 5.93. The molecule has 0 unspecified atom stereocenters. The van der Waals surface area contributed by atoms with E-state index in [2.05, 4.69) is 51.0 Å². The van der Waals surface area contributed by atoms with Gasteiger partial charge in [0.25, 0.3) is 0 Å². The fourth-order valence-corrected chi connectivity index (χ4v) is 8.88. The Labute approximate surface area is 287 Å². The molecule has 0 radical (unpaired) electrons. The fourth-order valence-electron chi connectivity index (χ4n) is 8.88. The summed E-state index contributed by atoms with van der Waals surface area (Å²) in [6.07, 6.45) is 9.12. The van der Waals surface area contributed by atoms with E-state index in [1.165, 1.54) is 0 Å². The normalized spacial score (nSPS) is 27.9. The molecular formula is C36H40N12O2. The van der Waals surface area contributed by atoms with Gasteiger partial charge in [-0.3, -0.25) is 10.2 Å². The van der Waals surface area contributed by atoms with Crippen molar-refractivity contribution in [2.24, 2.45) is 23.7 Å². The zero-order chi connectivity index (χ0) is 33.9. The molecule has 2 aromatic carbocycles. The van der Waals surface area contributed by atoms with Crippen molar-refractivity contribution in [3.63, 3.8) is 0 Å². The lowest BCUT2D eigenvalue weighted by atomic mass is 9.93. The number of H-pyrrole nitrogens is 2. The van der Waals surface area contributed by atoms with E-state index in [9.17, 15) is 10.2 Å². The van der Waals surface area contributed by atoms with Crippen molar-refractivity contribution in [2.45, 2.75) is 62.8 Å². The number of hydrogen-bond donors (Lipinski definition) is 8. The summed E-state index contributed by atoms with van der Waals surface area (Å²) in [6, 6.07) is 16.6. The number of anilines is 4. The third-order valence-corrected chi connectivity index (χ3v) is 11.3. The molecule has 4 aromatic heterocycles. The van der Waals surface area contributed by atoms with Gasteiger partial charge in [-0.1, -0.05) is 12.1 Å². The van der Waals surface area contributed by atoms with Crippen molar-refractivity contribution in [1.29, 1.82) is 0 Å². The number of nitrogens with zero attached hydrogens (tertiary/aromatic N) is 6. The Kier molecular flexibility index (Phi) is 7.50. The molecule has 10 N–H and O–H groups in total. The number of nitrogens with two attached hydrogens (primary N) is 2. The van der Waals surface area contributed by atoms with Gasteiger partial charge in [0, 0.05) is 46.4 Å². The number of aliphatic hydroxyl groups is 2. The predicted octanol–water partition coefficient (Wildman–Crippen LogP) is 4.35. The van der Waals surface area contributed by atoms with Crippen molar-refractivity contribution in [1.82, 2.24) is 40.3 Å². The van der Waals surface area contributed by atoms with E-state index in [1.807, 2.05) is 48.5 Å². The van der Waals surface area contributed by atoms with Gasteiger partial charge in [0.1, 0.15) is 11.6 Å². The summed E-state index contributed by atoms with van der Waals surface area (Å²) in [6.45, 7) is 0. The molecule has 0 amide bonds. The smallest absolute Gasteiger partial charge is 0.222 e. The van der Waals surface area contributed by atoms with Crippen LogP contribution in [0.5, 0.6) is 0 Å². The van der Waals surface area contributed by atoms with Crippen LogP contribution < -0.4 is 22.1 Å². The van der Waals surface area contributed by atoms with Gasteiger partial charge >= 0.3 is 0 Å². The highest BCUT2D eigenvalue weighted by atomic mass is 16.3. The number of aliphatic hydroxyl groups excluding tert-OH is 2. The number of aromatic nitrogens is 8. The van der Waals surface area contributed by atoms with Crippen molar-refractivity contribution in [2.75, 3.05) is 22.1 Å². The molecule has 0 saturated heterocycles. The highest BCUT2D eigenvalue weighted by Gasteiger charge is 2.46. The number of rotatable bonds is 6. The van der Waals surface area contributed by atoms with Crippen LogP contribution in [0.1, 0.15) is 38.5 Å². The molecule has 14 nitrogen and oxygen atoms in total. The summed E-state index contributed by atoms with van der Waals surface area (Å²) in [5.41, 5.74) is 17.4. The predicted molar refractivity (Wildman–Crippen MR) is 192 cm³/mol. The van der Waals surface area contributed by atoms with E-state index >= 15 is 0 Å². The van der Waals surface area contributed by atoms with Gasteiger partial charge in [-0.25, -0.2) is 9.97 Å². The van der Waals surface area contributed by atoms with Crippen molar-refractivity contribution in [3.05, 3.63) is 60.9 Å². The minimum Gasteiger partial charge on any atom is -0.393 e. The Morgan fingerprint density at radius 3 is 1.38 bits per heavy atom. The van der Waals surface area contributed by atoms with Gasteiger partial charge < -0.3 is 32.3 Å². The lowest BCUT2D eigenvalue weighted by molar-refractivity contribution is 0.110. The molecule has 8 atom stereocenters. The van der Waals surface area contributed by atoms with Crippen LogP contribution in [0.4, 0.5) is 23.5 Å². The molecule has 4 fully saturated rings. The van der Waals surface area contributed by atoms with Gasteiger partial charge in [0.2, 0.25) is 11.9 Å². The first-order valence-corrected chi connectivity index (χ1v) is 17.4. The number of benzene rings is 2. The molecule has 4 heterocycles. The molecule has 4 aliphatic rings. The SMILES string of the molecule is Nc1nc(N[C@@H]2C[C@H]3C[C@@H]2C[C@@H]3O)c2ccc(-c3ccn[nH]3)cc2n1.Nc1nc(N[C@H]2C[C@@H]3C[C@H]2C[C@H]3O)c2ccc(-c3ccn[nH]3)cc2n1. The Morgan fingerprint density at radius 1 is 0.560 bits per heavy atom. The summed E-state index contributed by atoms with van der Waals surface area (Å²) in [5, 5.41) is 42.9. The standard InChI is InChI=1S/2C18H20N6O/c2*19-18-22-15-6-9(13-3-4-20-24-13)1-2-12(15)17(23-18)21-14-7-11-5-10(14)8-16(11)25/h2*1-4,6,10-11,14,16,25H,5,7-8H2,(H,20,24)(H3,19,21,22,23)/t2*10-,11-,14-,16+/m10/s1. The Hall–Kier alpha value is -5.34. The average Bonchev–Trinajstić information content (AvgIpc) is 3.96. The Bertz CT molecular complexity index is 2000. The van der Waals surface area contributed by atoms with E-state index in [1.54, 1.807) is 12.4 Å². The van der Waals surface area contributed by atoms with E-state index < -0.39 is 0 Å². The van der Waals surface area contributed by atoms with Crippen LogP contribution in [0.3, 0.4) is 0 Å². The van der Waals surface area contributed by atoms with Crippen molar-refractivity contribution < 1.29 is 10.2 Å². The second kappa shape index (κ2) is 12.2. The second-order valence-corrected chi connectivity index (χ2v) is 14.4. The summed E-state index contributed by atoms with van der Waals surface area (Å²) in [4.78, 5) is 17.7. The number of aromatic amines is 2. The molecule has 10 rings (SSSR count). The maximum Gasteiger partial charge on any atom is 0.222 e. The van der Waals surface area contributed by atoms with Crippen LogP contribution in [0.2, 0.25) is 0 Å². The summed E-state index contributed by atoms with van der Waals surface area (Å²) in [5.74, 6) is 3.95. The number of nitrogen functional groups attached to an aromatic ring is 2. The summed E-state index contributed by atoms with van der Waals surface area (Å²) in [7, 11) is 0. The Morgan fingerprint density at radius 2 is 1.02 bits per heavy atom. The second-order valence-electron chi connectivity index (χ2n) is 14.4. The van der Waals surface area contributed by atoms with Gasteiger partial charge in [0.15, 0.2) is 0 Å². The highest BCUT2D eigenvalue weighted by Crippen LogP contribution is 2.47. The molecule has 4 aliphatic carbocycles. The maximum absolute atomic E-state index is 9.96. The lowest BCUT2D eigenvalue weighted by Crippen LogP contribution is -2.31. The quantitative estimate of drug-likeness (QED) is 0.124. The molecule has 14 heteroatoms. The van der Waals surface area contributed by atoms with Gasteiger partial charge in [-0.2, -0.15) is 20.2 Å². The van der Waals surface area contributed by atoms with Gasteiger partial charge in [0.05, 0.1) is 34.6 Å². The Balaban J connectivity index is 0.000000135. The minimum atomic E-state index is -0.132. The molecule has 4 saturated carbocycles. The van der Waals surface area contributed by atoms with Crippen molar-refractivity contribution >= 4 is 45.3 Å². The molecule has 0 spiro atoms. The third-order valence-electron chi connectivity index (χ3n) is 11.3. The van der Waals surface area contributed by atoms with E-state index in [0.717, 1.165) is 94.5 Å². The van der Waals surface area contributed by atoms with Crippen LogP contribution in [0.25, 0.3) is 44.3 Å². The monoisotopic (exact) mass is 672 g/mol. The van der Waals surface area contributed by atoms with Gasteiger partial charge in [-0.15, -0.1) is 0 Å². The van der Waals surface area contributed by atoms with Crippen LogP contribution in [-0.4, -0.2) is 74.8 Å². The number of fused-ring (bicyclic) bond motifs is 6. The summed E-state index contributed by atoms with van der Waals surface area (Å²) < 4.78 is 0. The molecule has 256 valence electrons. The molecule has 0 aliphatic heterocycles. The van der Waals surface area contributed by atoms with E-state index in [4.69, 9.17) is 11.5 Å².